The first kappa shape index (κ1) is 29.2. The molecule has 0 spiro atoms. The summed E-state index contributed by atoms with van der Waals surface area (Å²) in [6, 6.07) is 22.6. The molecule has 0 saturated heterocycles. The molecular weight excluding hydrogens is 526 g/mol. The number of ketones is 2. The summed E-state index contributed by atoms with van der Waals surface area (Å²) >= 11 is 0. The number of carbonyl (C=O) groups excluding carboxylic acids is 2. The van der Waals surface area contributed by atoms with Gasteiger partial charge in [-0.3, -0.25) is 9.59 Å². The SMILES string of the molecule is C[C@]12CC[C@@H](O)C[C@H]1CC[C@@H]1[C@@H]2C(=O)C[C@@]2(C)[C@H]1CC[C@]2(O)C(=O)CO.c1ccc(-c2ccc3ccccc3n2)cc1. The smallest absolute Gasteiger partial charge is 0.190 e. The number of pyridine rings is 1. The highest BCUT2D eigenvalue weighted by molar-refractivity contribution is 5.92. The summed E-state index contributed by atoms with van der Waals surface area (Å²) < 4.78 is 0. The number of nitrogens with zero attached hydrogens (tertiary/aromatic N) is 1. The number of benzene rings is 2. The Balaban J connectivity index is 0.000000168. The minimum atomic E-state index is -1.58. The maximum atomic E-state index is 13.4. The van der Waals surface area contributed by atoms with E-state index in [1.165, 1.54) is 5.39 Å². The van der Waals surface area contributed by atoms with Gasteiger partial charge < -0.3 is 15.3 Å². The van der Waals surface area contributed by atoms with Crippen LogP contribution in [0.4, 0.5) is 0 Å². The van der Waals surface area contributed by atoms with E-state index in [9.17, 15) is 24.9 Å². The van der Waals surface area contributed by atoms with Crippen LogP contribution in [0.2, 0.25) is 0 Å². The molecule has 0 bridgehead atoms. The largest absolute Gasteiger partial charge is 0.393 e. The van der Waals surface area contributed by atoms with E-state index in [0.717, 1.165) is 55.3 Å². The first-order chi connectivity index (χ1) is 20.1. The fraction of sp³-hybridized carbons (Fsp3) is 0.528. The number of Topliss-reactive ketones (excluding diaryl/α,β-unsaturated/α-hetero) is 2. The molecule has 4 fully saturated rings. The Labute approximate surface area is 248 Å². The predicted molar refractivity (Wildman–Crippen MR) is 162 cm³/mol. The molecule has 3 N–H and O–H groups in total. The molecule has 4 aliphatic rings. The minimum absolute atomic E-state index is 0.0154. The highest BCUT2D eigenvalue weighted by Crippen LogP contribution is 2.67. The summed E-state index contributed by atoms with van der Waals surface area (Å²) in [6.45, 7) is 3.46. The van der Waals surface area contributed by atoms with Crippen LogP contribution in [-0.2, 0) is 9.59 Å². The molecule has 1 aromatic heterocycles. The normalized spacial score (nSPS) is 37.2. The van der Waals surface area contributed by atoms with Crippen molar-refractivity contribution < 1.29 is 24.9 Å². The molecule has 8 atom stereocenters. The summed E-state index contributed by atoms with van der Waals surface area (Å²) in [5.41, 5.74) is 0.828. The van der Waals surface area contributed by atoms with Gasteiger partial charge >= 0.3 is 0 Å². The van der Waals surface area contributed by atoms with Gasteiger partial charge in [0.25, 0.3) is 0 Å². The van der Waals surface area contributed by atoms with Crippen molar-refractivity contribution in [1.82, 2.24) is 4.98 Å². The lowest BCUT2D eigenvalue weighted by atomic mass is 9.44. The van der Waals surface area contributed by atoms with Gasteiger partial charge in [0.1, 0.15) is 18.0 Å². The average Bonchev–Trinajstić information content (AvgIpc) is 3.28. The predicted octanol–water partition coefficient (Wildman–Crippen LogP) is 5.76. The van der Waals surface area contributed by atoms with Gasteiger partial charge in [0, 0.05) is 28.7 Å². The zero-order valence-corrected chi connectivity index (χ0v) is 24.7. The van der Waals surface area contributed by atoms with Crippen molar-refractivity contribution in [2.75, 3.05) is 6.61 Å². The Morgan fingerprint density at radius 2 is 1.67 bits per heavy atom. The van der Waals surface area contributed by atoms with Crippen LogP contribution >= 0.6 is 0 Å². The van der Waals surface area contributed by atoms with E-state index >= 15 is 0 Å². The topological polar surface area (TPSA) is 108 Å². The molecule has 1 heterocycles. The van der Waals surface area contributed by atoms with Gasteiger partial charge in [-0.1, -0.05) is 68.4 Å². The van der Waals surface area contributed by atoms with Gasteiger partial charge in [0.15, 0.2) is 5.78 Å². The van der Waals surface area contributed by atoms with Gasteiger partial charge in [-0.05, 0) is 80.2 Å². The van der Waals surface area contributed by atoms with Crippen molar-refractivity contribution in [1.29, 1.82) is 0 Å². The molecule has 222 valence electrons. The Bertz CT molecular complexity index is 1470. The Hall–Kier alpha value is -2.93. The first-order valence-electron chi connectivity index (χ1n) is 15.6. The first-order valence-corrected chi connectivity index (χ1v) is 15.6. The maximum absolute atomic E-state index is 13.4. The molecule has 42 heavy (non-hydrogen) atoms. The van der Waals surface area contributed by atoms with Crippen molar-refractivity contribution in [3.63, 3.8) is 0 Å². The van der Waals surface area contributed by atoms with Crippen molar-refractivity contribution >= 4 is 22.5 Å². The Kier molecular flexibility index (Phi) is 7.61. The molecule has 2 aromatic carbocycles. The quantitative estimate of drug-likeness (QED) is 0.370. The van der Waals surface area contributed by atoms with Gasteiger partial charge in [0.2, 0.25) is 0 Å². The van der Waals surface area contributed by atoms with Crippen LogP contribution in [0.25, 0.3) is 22.2 Å². The lowest BCUT2D eigenvalue weighted by Crippen LogP contribution is -2.62. The molecule has 6 heteroatoms. The number of hydrogen-bond acceptors (Lipinski definition) is 6. The fourth-order valence-corrected chi connectivity index (χ4v) is 9.48. The minimum Gasteiger partial charge on any atom is -0.393 e. The Morgan fingerprint density at radius 1 is 0.929 bits per heavy atom. The number of hydrogen-bond donors (Lipinski definition) is 3. The van der Waals surface area contributed by atoms with Crippen LogP contribution < -0.4 is 0 Å². The maximum Gasteiger partial charge on any atom is 0.190 e. The second kappa shape index (κ2) is 11.0. The van der Waals surface area contributed by atoms with Crippen molar-refractivity contribution in [3.05, 3.63) is 66.7 Å². The molecule has 0 radical (unpaired) electrons. The van der Waals surface area contributed by atoms with Crippen molar-refractivity contribution in [2.24, 2.45) is 34.5 Å². The highest BCUT2D eigenvalue weighted by atomic mass is 16.3. The van der Waals surface area contributed by atoms with Crippen molar-refractivity contribution in [3.8, 4) is 11.3 Å². The van der Waals surface area contributed by atoms with E-state index in [2.05, 4.69) is 42.2 Å². The second-order valence-corrected chi connectivity index (χ2v) is 13.8. The molecule has 3 aromatic rings. The third-order valence-corrected chi connectivity index (χ3v) is 11.8. The number of carbonyl (C=O) groups is 2. The lowest BCUT2D eigenvalue weighted by molar-refractivity contribution is -0.180. The fourth-order valence-electron chi connectivity index (χ4n) is 9.48. The van der Waals surface area contributed by atoms with Gasteiger partial charge in [-0.2, -0.15) is 0 Å². The number of para-hydroxylation sites is 1. The molecular formula is C36H43NO5. The summed E-state index contributed by atoms with van der Waals surface area (Å²) in [7, 11) is 0. The Morgan fingerprint density at radius 3 is 2.43 bits per heavy atom. The van der Waals surface area contributed by atoms with E-state index in [4.69, 9.17) is 0 Å². The highest BCUT2D eigenvalue weighted by Gasteiger charge is 2.68. The molecule has 4 saturated carbocycles. The second-order valence-electron chi connectivity index (χ2n) is 13.8. The van der Waals surface area contributed by atoms with Crippen LogP contribution in [0.5, 0.6) is 0 Å². The molecule has 7 rings (SSSR count). The molecule has 4 aliphatic carbocycles. The molecule has 0 aliphatic heterocycles. The van der Waals surface area contributed by atoms with E-state index < -0.39 is 23.4 Å². The summed E-state index contributed by atoms with van der Waals surface area (Å²) in [5, 5.41) is 31.8. The number of aliphatic hydroxyl groups is 3. The number of aromatic nitrogens is 1. The van der Waals surface area contributed by atoms with Gasteiger partial charge in [0.05, 0.1) is 17.3 Å². The van der Waals surface area contributed by atoms with Crippen LogP contribution in [0, 0.1) is 34.5 Å². The molecule has 6 nitrogen and oxygen atoms in total. The van der Waals surface area contributed by atoms with E-state index in [-0.39, 0.29) is 41.5 Å². The summed E-state index contributed by atoms with van der Waals surface area (Å²) in [4.78, 5) is 30.4. The van der Waals surface area contributed by atoms with E-state index in [1.54, 1.807) is 0 Å². The van der Waals surface area contributed by atoms with E-state index in [1.807, 2.05) is 43.3 Å². The lowest BCUT2D eigenvalue weighted by Gasteiger charge is -2.60. The zero-order valence-electron chi connectivity index (χ0n) is 24.7. The van der Waals surface area contributed by atoms with Crippen LogP contribution in [0.15, 0.2) is 66.7 Å². The monoisotopic (exact) mass is 569 g/mol. The number of rotatable bonds is 3. The van der Waals surface area contributed by atoms with E-state index in [0.29, 0.717) is 12.3 Å². The third-order valence-electron chi connectivity index (χ3n) is 11.8. The summed E-state index contributed by atoms with van der Waals surface area (Å²) in [5.74, 6) is 0.380. The van der Waals surface area contributed by atoms with Gasteiger partial charge in [-0.15, -0.1) is 0 Å². The standard InChI is InChI=1S/C21H32O5.C15H11N/c1-19-7-5-13(23)9-12(19)3-4-14-15-6-8-21(26,17(25)11-22)20(15,2)10-16(24)18(14)19;1-2-6-12(7-3-1)15-11-10-13-8-4-5-9-14(13)16-15/h12-15,18,22-23,26H,3-11H2,1-2H3;1-11H/t12-,13-,14+,15+,18-,19+,20+,21+;/m1./s1. The van der Waals surface area contributed by atoms with Crippen LogP contribution in [-0.4, -0.2) is 50.2 Å². The number of aliphatic hydroxyl groups excluding tert-OH is 2. The zero-order chi connectivity index (χ0) is 29.7. The van der Waals surface area contributed by atoms with Crippen molar-refractivity contribution in [2.45, 2.75) is 76.9 Å². The van der Waals surface area contributed by atoms with Crippen LogP contribution in [0.1, 0.15) is 65.2 Å². The molecule has 0 unspecified atom stereocenters. The molecule has 0 amide bonds. The third kappa shape index (κ3) is 4.63. The number of fused-ring (bicyclic) bond motifs is 6. The average molecular weight is 570 g/mol. The summed E-state index contributed by atoms with van der Waals surface area (Å²) in [6.07, 6.45) is 5.47. The van der Waals surface area contributed by atoms with Crippen LogP contribution in [0.3, 0.4) is 0 Å². The van der Waals surface area contributed by atoms with Gasteiger partial charge in [-0.25, -0.2) is 4.98 Å².